The Labute approximate surface area is 170 Å². The predicted molar refractivity (Wildman–Crippen MR) is 107 cm³/mol. The number of nitrogens with zero attached hydrogens (tertiary/aromatic N) is 3. The third-order valence-corrected chi connectivity index (χ3v) is 5.66. The van der Waals surface area contributed by atoms with Gasteiger partial charge in [-0.05, 0) is 27.6 Å². The summed E-state index contributed by atoms with van der Waals surface area (Å²) in [5.41, 5.74) is 0. The fraction of sp³-hybridized carbons (Fsp3) is 1.00. The van der Waals surface area contributed by atoms with Crippen molar-refractivity contribution in [3.05, 3.63) is 0 Å². The van der Waals surface area contributed by atoms with Crippen molar-refractivity contribution in [3.63, 3.8) is 0 Å². The Hall–Kier alpha value is -0.320. The highest BCUT2D eigenvalue weighted by Gasteiger charge is 2.30. The molecule has 0 saturated carbocycles. The molecule has 0 radical (unpaired) electrons. The third-order valence-electron chi connectivity index (χ3n) is 5.66. The quantitative estimate of drug-likeness (QED) is 0.525. The summed E-state index contributed by atoms with van der Waals surface area (Å²) in [7, 11) is 8.11. The first-order valence-electron chi connectivity index (χ1n) is 10.6. The minimum Gasteiger partial charge on any atom is -0.382 e. The van der Waals surface area contributed by atoms with Crippen LogP contribution in [0.25, 0.3) is 0 Å². The van der Waals surface area contributed by atoms with Crippen molar-refractivity contribution in [1.82, 2.24) is 14.7 Å². The lowest BCUT2D eigenvalue weighted by Gasteiger charge is -2.37. The summed E-state index contributed by atoms with van der Waals surface area (Å²) >= 11 is 0. The van der Waals surface area contributed by atoms with Crippen LogP contribution in [-0.2, 0) is 23.7 Å². The molecule has 0 aromatic carbocycles. The number of rotatable bonds is 9. The summed E-state index contributed by atoms with van der Waals surface area (Å²) in [5, 5.41) is 0. The van der Waals surface area contributed by atoms with Crippen molar-refractivity contribution in [2.75, 3.05) is 93.9 Å². The molecule has 5 atom stereocenters. The van der Waals surface area contributed by atoms with Crippen molar-refractivity contribution in [1.29, 1.82) is 0 Å². The summed E-state index contributed by atoms with van der Waals surface area (Å²) in [6.07, 6.45) is 1.85. The first-order chi connectivity index (χ1) is 13.5. The SMILES string of the molecule is COC[C@H]1CN(C)CC(COC[C@@H]2CN(C)CC(COC3CCN(C)C3)O2)O1. The summed E-state index contributed by atoms with van der Waals surface area (Å²) in [6, 6.07) is 0. The van der Waals surface area contributed by atoms with E-state index in [4.69, 9.17) is 23.7 Å². The van der Waals surface area contributed by atoms with Crippen LogP contribution in [-0.4, -0.2) is 139 Å². The molecule has 3 fully saturated rings. The van der Waals surface area contributed by atoms with Crippen molar-refractivity contribution in [2.45, 2.75) is 36.9 Å². The van der Waals surface area contributed by atoms with E-state index in [1.54, 1.807) is 7.11 Å². The Balaban J connectivity index is 1.35. The molecule has 28 heavy (non-hydrogen) atoms. The zero-order valence-electron chi connectivity index (χ0n) is 18.0. The highest BCUT2D eigenvalue weighted by atomic mass is 16.6. The highest BCUT2D eigenvalue weighted by molar-refractivity contribution is 4.79. The molecular formula is C20H39N3O5. The van der Waals surface area contributed by atoms with E-state index in [2.05, 4.69) is 35.8 Å². The Morgan fingerprint density at radius 3 is 1.75 bits per heavy atom. The van der Waals surface area contributed by atoms with E-state index >= 15 is 0 Å². The molecule has 0 bridgehead atoms. The molecule has 3 aliphatic rings. The van der Waals surface area contributed by atoms with Gasteiger partial charge in [-0.1, -0.05) is 0 Å². The first kappa shape index (κ1) is 22.4. The maximum atomic E-state index is 6.24. The van der Waals surface area contributed by atoms with E-state index in [0.717, 1.165) is 45.7 Å². The van der Waals surface area contributed by atoms with Gasteiger partial charge < -0.3 is 38.4 Å². The van der Waals surface area contributed by atoms with Crippen LogP contribution in [0.2, 0.25) is 0 Å². The molecule has 0 spiro atoms. The molecule has 8 heteroatoms. The van der Waals surface area contributed by atoms with E-state index < -0.39 is 0 Å². The van der Waals surface area contributed by atoms with Crippen molar-refractivity contribution >= 4 is 0 Å². The molecule has 3 aliphatic heterocycles. The molecule has 0 amide bonds. The molecule has 3 unspecified atom stereocenters. The van der Waals surface area contributed by atoms with E-state index in [1.807, 2.05) is 0 Å². The van der Waals surface area contributed by atoms with Gasteiger partial charge in [0.15, 0.2) is 0 Å². The van der Waals surface area contributed by atoms with Gasteiger partial charge in [0.25, 0.3) is 0 Å². The number of methoxy groups -OCH3 is 1. The number of ether oxygens (including phenoxy) is 5. The van der Waals surface area contributed by atoms with Crippen LogP contribution in [0.5, 0.6) is 0 Å². The first-order valence-corrected chi connectivity index (χ1v) is 10.6. The minimum absolute atomic E-state index is 0.0784. The standard InChI is InChI=1S/C20H39N3O5/c1-21-6-5-16(7-21)26-15-20-11-23(3)10-19(28-20)14-25-13-18-9-22(2)8-17(27-18)12-24-4/h16-20H,5-15H2,1-4H3/t16?,17-,18?,19+,20?/m1/s1. The number of hydrogen-bond donors (Lipinski definition) is 0. The summed E-state index contributed by atoms with van der Waals surface area (Å²) in [5.74, 6) is 0. The average Bonchev–Trinajstić information content (AvgIpc) is 3.05. The van der Waals surface area contributed by atoms with Crippen LogP contribution in [0.3, 0.4) is 0 Å². The summed E-state index contributed by atoms with van der Waals surface area (Å²) in [6.45, 7) is 8.19. The van der Waals surface area contributed by atoms with Crippen LogP contribution >= 0.6 is 0 Å². The minimum atomic E-state index is 0.0784. The summed E-state index contributed by atoms with van der Waals surface area (Å²) < 4.78 is 29.6. The monoisotopic (exact) mass is 401 g/mol. The van der Waals surface area contributed by atoms with Crippen molar-refractivity contribution in [3.8, 4) is 0 Å². The van der Waals surface area contributed by atoms with Gasteiger partial charge in [-0.15, -0.1) is 0 Å². The maximum Gasteiger partial charge on any atom is 0.0940 e. The average molecular weight is 402 g/mol. The Morgan fingerprint density at radius 1 is 0.714 bits per heavy atom. The molecule has 0 aliphatic carbocycles. The van der Waals surface area contributed by atoms with Gasteiger partial charge in [0.05, 0.1) is 56.9 Å². The van der Waals surface area contributed by atoms with Gasteiger partial charge in [0, 0.05) is 46.4 Å². The number of morpholine rings is 2. The molecular weight excluding hydrogens is 362 g/mol. The van der Waals surface area contributed by atoms with Gasteiger partial charge in [-0.2, -0.15) is 0 Å². The largest absolute Gasteiger partial charge is 0.382 e. The van der Waals surface area contributed by atoms with Gasteiger partial charge >= 0.3 is 0 Å². The number of likely N-dealkylation sites (tertiary alicyclic amines) is 1. The highest BCUT2D eigenvalue weighted by Crippen LogP contribution is 2.16. The predicted octanol–water partition coefficient (Wildman–Crippen LogP) is -0.231. The lowest BCUT2D eigenvalue weighted by atomic mass is 10.2. The summed E-state index contributed by atoms with van der Waals surface area (Å²) in [4.78, 5) is 6.91. The molecule has 3 rings (SSSR count). The number of likely N-dealkylation sites (N-methyl/N-ethyl adjacent to an activating group) is 3. The zero-order valence-corrected chi connectivity index (χ0v) is 18.0. The van der Waals surface area contributed by atoms with Crippen LogP contribution in [0.4, 0.5) is 0 Å². The normalized spacial score (nSPS) is 36.2. The van der Waals surface area contributed by atoms with E-state index in [1.165, 1.54) is 0 Å². The Kier molecular flexibility index (Phi) is 8.93. The van der Waals surface area contributed by atoms with Gasteiger partial charge in [-0.25, -0.2) is 0 Å². The maximum absolute atomic E-state index is 6.24. The molecule has 0 N–H and O–H groups in total. The van der Waals surface area contributed by atoms with E-state index in [0.29, 0.717) is 32.5 Å². The lowest BCUT2D eigenvalue weighted by Crippen LogP contribution is -2.51. The van der Waals surface area contributed by atoms with Gasteiger partial charge in [0.2, 0.25) is 0 Å². The van der Waals surface area contributed by atoms with Crippen molar-refractivity contribution < 1.29 is 23.7 Å². The van der Waals surface area contributed by atoms with Crippen LogP contribution in [0.1, 0.15) is 6.42 Å². The Morgan fingerprint density at radius 2 is 1.25 bits per heavy atom. The molecule has 0 aromatic rings. The molecule has 3 saturated heterocycles. The second kappa shape index (κ2) is 11.2. The van der Waals surface area contributed by atoms with Crippen LogP contribution < -0.4 is 0 Å². The van der Waals surface area contributed by atoms with Crippen LogP contribution in [0.15, 0.2) is 0 Å². The van der Waals surface area contributed by atoms with Crippen LogP contribution in [0, 0.1) is 0 Å². The fourth-order valence-electron chi connectivity index (χ4n) is 4.41. The molecule has 164 valence electrons. The number of hydrogen-bond acceptors (Lipinski definition) is 8. The van der Waals surface area contributed by atoms with E-state index in [9.17, 15) is 0 Å². The lowest BCUT2D eigenvalue weighted by molar-refractivity contribution is -0.155. The smallest absolute Gasteiger partial charge is 0.0940 e. The van der Waals surface area contributed by atoms with Gasteiger partial charge in [-0.3, -0.25) is 0 Å². The molecule has 3 heterocycles. The topological polar surface area (TPSA) is 55.9 Å². The Bertz CT molecular complexity index is 458. The zero-order chi connectivity index (χ0) is 19.9. The fourth-order valence-corrected chi connectivity index (χ4v) is 4.41. The second-order valence-electron chi connectivity index (χ2n) is 8.70. The molecule has 8 nitrogen and oxygen atoms in total. The van der Waals surface area contributed by atoms with Crippen molar-refractivity contribution in [2.24, 2.45) is 0 Å². The second-order valence-corrected chi connectivity index (χ2v) is 8.70. The molecule has 0 aromatic heterocycles. The van der Waals surface area contributed by atoms with Gasteiger partial charge in [0.1, 0.15) is 0 Å². The third kappa shape index (κ3) is 7.18. The van der Waals surface area contributed by atoms with E-state index in [-0.39, 0.29) is 24.4 Å².